The van der Waals surface area contributed by atoms with Crippen molar-refractivity contribution >= 4 is 5.97 Å². The molecular formula is C29H44N2O3. The summed E-state index contributed by atoms with van der Waals surface area (Å²) in [5, 5.41) is 0. The van der Waals surface area contributed by atoms with Gasteiger partial charge in [0.1, 0.15) is 5.56 Å². The maximum absolute atomic E-state index is 12.8. The highest BCUT2D eigenvalue weighted by Gasteiger charge is 2.18. The standard InChI is InChI=1S/C29H44N2O3/c1-4-6-7-8-9-10-16-21-33-28(32)26-23-30-29(31-27(26)25-19-14-11-15-20-25)34-22-17-12-13-18-24(3)5-2/h11,14-15,19-20,23-24H,4-10,12-13,16-18,21-22H2,1-3H3. The first kappa shape index (κ1) is 27.8. The van der Waals surface area contributed by atoms with Crippen LogP contribution in [0.1, 0.15) is 108 Å². The second-order valence-electron chi connectivity index (χ2n) is 9.25. The zero-order valence-electron chi connectivity index (χ0n) is 21.6. The molecule has 1 atom stereocenters. The zero-order valence-corrected chi connectivity index (χ0v) is 21.6. The Hall–Kier alpha value is -2.43. The normalized spacial score (nSPS) is 11.9. The van der Waals surface area contributed by atoms with Crippen LogP contribution in [0.15, 0.2) is 36.5 Å². The summed E-state index contributed by atoms with van der Waals surface area (Å²) in [7, 11) is 0. The topological polar surface area (TPSA) is 61.3 Å². The molecule has 2 rings (SSSR count). The monoisotopic (exact) mass is 468 g/mol. The number of rotatable bonds is 18. The van der Waals surface area contributed by atoms with Crippen LogP contribution >= 0.6 is 0 Å². The summed E-state index contributed by atoms with van der Waals surface area (Å²) in [6.45, 7) is 7.77. The highest BCUT2D eigenvalue weighted by atomic mass is 16.5. The van der Waals surface area contributed by atoms with Gasteiger partial charge in [-0.05, 0) is 18.8 Å². The number of benzene rings is 1. The highest BCUT2D eigenvalue weighted by molar-refractivity contribution is 5.95. The van der Waals surface area contributed by atoms with Crippen molar-refractivity contribution < 1.29 is 14.3 Å². The highest BCUT2D eigenvalue weighted by Crippen LogP contribution is 2.24. The van der Waals surface area contributed by atoms with Crippen molar-refractivity contribution in [2.24, 2.45) is 5.92 Å². The van der Waals surface area contributed by atoms with Crippen molar-refractivity contribution in [2.75, 3.05) is 13.2 Å². The van der Waals surface area contributed by atoms with Crippen molar-refractivity contribution in [3.05, 3.63) is 42.1 Å². The van der Waals surface area contributed by atoms with Gasteiger partial charge in [0.15, 0.2) is 0 Å². The average molecular weight is 469 g/mol. The molecule has 0 fully saturated rings. The van der Waals surface area contributed by atoms with E-state index in [-0.39, 0.29) is 5.97 Å². The summed E-state index contributed by atoms with van der Waals surface area (Å²) >= 11 is 0. The summed E-state index contributed by atoms with van der Waals surface area (Å²) < 4.78 is 11.4. The SMILES string of the molecule is CCCCCCCCCOC(=O)c1cnc(OCCCCCC(C)CC)nc1-c1ccccc1. The number of nitrogens with zero attached hydrogens (tertiary/aromatic N) is 2. The van der Waals surface area contributed by atoms with Gasteiger partial charge in [-0.3, -0.25) is 0 Å². The van der Waals surface area contributed by atoms with Gasteiger partial charge in [-0.15, -0.1) is 0 Å². The number of carbonyl (C=O) groups is 1. The molecule has 0 aliphatic rings. The minimum atomic E-state index is -0.374. The van der Waals surface area contributed by atoms with E-state index in [4.69, 9.17) is 9.47 Å². The molecule has 0 aliphatic heterocycles. The van der Waals surface area contributed by atoms with Crippen LogP contribution in [-0.4, -0.2) is 29.2 Å². The molecule has 0 saturated carbocycles. The molecule has 34 heavy (non-hydrogen) atoms. The van der Waals surface area contributed by atoms with E-state index in [2.05, 4.69) is 30.7 Å². The van der Waals surface area contributed by atoms with Gasteiger partial charge in [0.05, 0.1) is 18.9 Å². The van der Waals surface area contributed by atoms with E-state index in [1.165, 1.54) is 51.4 Å². The molecule has 1 aromatic heterocycles. The molecule has 0 spiro atoms. The smallest absolute Gasteiger partial charge is 0.341 e. The minimum Gasteiger partial charge on any atom is -0.463 e. The number of hydrogen-bond acceptors (Lipinski definition) is 5. The molecule has 2 aromatic rings. The number of hydrogen-bond donors (Lipinski definition) is 0. The summed E-state index contributed by atoms with van der Waals surface area (Å²) in [4.78, 5) is 21.7. The fourth-order valence-electron chi connectivity index (χ4n) is 3.84. The predicted molar refractivity (Wildman–Crippen MR) is 139 cm³/mol. The lowest BCUT2D eigenvalue weighted by molar-refractivity contribution is 0.0497. The molecule has 0 bridgehead atoms. The average Bonchev–Trinajstić information content (AvgIpc) is 2.87. The molecular weight excluding hydrogens is 424 g/mol. The van der Waals surface area contributed by atoms with Crippen molar-refractivity contribution in [3.8, 4) is 17.3 Å². The molecule has 188 valence electrons. The van der Waals surface area contributed by atoms with Gasteiger partial charge < -0.3 is 9.47 Å². The number of esters is 1. The fourth-order valence-corrected chi connectivity index (χ4v) is 3.84. The van der Waals surface area contributed by atoms with Crippen LogP contribution < -0.4 is 4.74 Å². The molecule has 0 N–H and O–H groups in total. The molecule has 0 aliphatic carbocycles. The maximum atomic E-state index is 12.8. The van der Waals surface area contributed by atoms with Gasteiger partial charge >= 0.3 is 12.0 Å². The second-order valence-corrected chi connectivity index (χ2v) is 9.25. The predicted octanol–water partition coefficient (Wildman–Crippen LogP) is 8.04. The molecule has 1 aromatic carbocycles. The first-order valence-corrected chi connectivity index (χ1v) is 13.4. The van der Waals surface area contributed by atoms with Crippen LogP contribution in [-0.2, 0) is 4.74 Å². The Balaban J connectivity index is 1.88. The van der Waals surface area contributed by atoms with E-state index in [0.717, 1.165) is 37.2 Å². The van der Waals surface area contributed by atoms with E-state index in [9.17, 15) is 4.79 Å². The molecule has 1 unspecified atom stereocenters. The fraction of sp³-hybridized carbons (Fsp3) is 0.621. The van der Waals surface area contributed by atoms with Crippen LogP contribution in [0.4, 0.5) is 0 Å². The zero-order chi connectivity index (χ0) is 24.4. The van der Waals surface area contributed by atoms with E-state index in [0.29, 0.717) is 30.5 Å². The lowest BCUT2D eigenvalue weighted by Gasteiger charge is -2.11. The van der Waals surface area contributed by atoms with E-state index in [1.807, 2.05) is 30.3 Å². The van der Waals surface area contributed by atoms with Gasteiger partial charge in [-0.25, -0.2) is 9.78 Å². The largest absolute Gasteiger partial charge is 0.463 e. The Morgan fingerprint density at radius 1 is 0.882 bits per heavy atom. The van der Waals surface area contributed by atoms with Crippen molar-refractivity contribution in [3.63, 3.8) is 0 Å². The van der Waals surface area contributed by atoms with Gasteiger partial charge in [0.2, 0.25) is 0 Å². The first-order valence-electron chi connectivity index (χ1n) is 13.4. The van der Waals surface area contributed by atoms with Gasteiger partial charge in [0, 0.05) is 11.8 Å². The lowest BCUT2D eigenvalue weighted by Crippen LogP contribution is -2.11. The molecule has 0 radical (unpaired) electrons. The molecule has 5 nitrogen and oxygen atoms in total. The van der Waals surface area contributed by atoms with E-state index < -0.39 is 0 Å². The van der Waals surface area contributed by atoms with Crippen molar-refractivity contribution in [2.45, 2.75) is 97.8 Å². The summed E-state index contributed by atoms with van der Waals surface area (Å²) in [5.74, 6) is 0.414. The van der Waals surface area contributed by atoms with Crippen molar-refractivity contribution in [1.29, 1.82) is 0 Å². The Bertz CT molecular complexity index is 810. The number of ether oxygens (including phenoxy) is 2. The maximum Gasteiger partial charge on any atom is 0.341 e. The quantitative estimate of drug-likeness (QED) is 0.164. The molecule has 1 heterocycles. The third-order valence-corrected chi connectivity index (χ3v) is 6.28. The second kappa shape index (κ2) is 17.1. The van der Waals surface area contributed by atoms with Crippen LogP contribution in [0.3, 0.4) is 0 Å². The number of carbonyl (C=O) groups excluding carboxylic acids is 1. The Morgan fingerprint density at radius 2 is 1.56 bits per heavy atom. The van der Waals surface area contributed by atoms with Crippen LogP contribution in [0.5, 0.6) is 6.01 Å². The molecule has 0 saturated heterocycles. The summed E-state index contributed by atoms with van der Waals surface area (Å²) in [5.41, 5.74) is 1.80. The van der Waals surface area contributed by atoms with E-state index >= 15 is 0 Å². The first-order chi connectivity index (χ1) is 16.7. The van der Waals surface area contributed by atoms with Crippen molar-refractivity contribution in [1.82, 2.24) is 9.97 Å². The van der Waals surface area contributed by atoms with E-state index in [1.54, 1.807) is 6.20 Å². The summed E-state index contributed by atoms with van der Waals surface area (Å²) in [6.07, 6.45) is 15.6. The van der Waals surface area contributed by atoms with Gasteiger partial charge in [-0.2, -0.15) is 4.98 Å². The lowest BCUT2D eigenvalue weighted by atomic mass is 10.0. The molecule has 5 heteroatoms. The Kier molecular flexibility index (Phi) is 14.0. The van der Waals surface area contributed by atoms with Gasteiger partial charge in [0.25, 0.3) is 0 Å². The Labute approximate surface area is 206 Å². The molecule has 0 amide bonds. The third-order valence-electron chi connectivity index (χ3n) is 6.28. The number of unbranched alkanes of at least 4 members (excludes halogenated alkanes) is 8. The van der Waals surface area contributed by atoms with Gasteiger partial charge in [-0.1, -0.05) is 115 Å². The van der Waals surface area contributed by atoms with Crippen LogP contribution in [0.2, 0.25) is 0 Å². The number of aromatic nitrogens is 2. The van der Waals surface area contributed by atoms with Crippen LogP contribution in [0.25, 0.3) is 11.3 Å². The Morgan fingerprint density at radius 3 is 2.29 bits per heavy atom. The minimum absolute atomic E-state index is 0.310. The summed E-state index contributed by atoms with van der Waals surface area (Å²) in [6, 6.07) is 10.00. The van der Waals surface area contributed by atoms with Crippen LogP contribution in [0, 0.1) is 5.92 Å². The third kappa shape index (κ3) is 10.7.